The van der Waals surface area contributed by atoms with Crippen LogP contribution in [0.5, 0.6) is 0 Å². The van der Waals surface area contributed by atoms with Crippen molar-refractivity contribution in [3.8, 4) is 0 Å². The van der Waals surface area contributed by atoms with Gasteiger partial charge in [-0.2, -0.15) is 26.3 Å². The van der Waals surface area contributed by atoms with Gasteiger partial charge in [0.1, 0.15) is 22.9 Å². The summed E-state index contributed by atoms with van der Waals surface area (Å²) in [6, 6.07) is 12.9. The summed E-state index contributed by atoms with van der Waals surface area (Å²) >= 11 is 1.38. The number of hydrogen-bond acceptors (Lipinski definition) is 8. The normalized spacial score (nSPS) is 17.2. The van der Waals surface area contributed by atoms with Crippen LogP contribution < -0.4 is 19.6 Å². The zero-order valence-corrected chi connectivity index (χ0v) is 26.8. The second-order valence-electron chi connectivity index (χ2n) is 9.60. The minimum atomic E-state index is -4.56. The third kappa shape index (κ3) is 7.96. The summed E-state index contributed by atoms with van der Waals surface area (Å²) in [4.78, 5) is 30.2. The molecule has 0 saturated carbocycles. The minimum Gasteiger partial charge on any atom is -0.520 e. The molecule has 2 aromatic heterocycles. The Morgan fingerprint density at radius 3 is 1.27 bits per heavy atom. The summed E-state index contributed by atoms with van der Waals surface area (Å²) in [5.74, 6) is -1.50. The number of carbonyl (C=O) groups is 2. The smallest absolute Gasteiger partial charge is 0.520 e. The molecule has 2 aromatic carbocycles. The van der Waals surface area contributed by atoms with Crippen molar-refractivity contribution < 1.29 is 72.3 Å². The Kier molecular flexibility index (Phi) is 10.6. The fraction of sp³-hybridized carbons (Fsp3) is 0.0667. The van der Waals surface area contributed by atoms with Gasteiger partial charge in [0.25, 0.3) is 0 Å². The van der Waals surface area contributed by atoms with E-state index in [1.54, 1.807) is 48.5 Å². The van der Waals surface area contributed by atoms with E-state index in [0.717, 1.165) is 32.3 Å². The fourth-order valence-corrected chi connectivity index (χ4v) is 5.76. The van der Waals surface area contributed by atoms with Crippen molar-refractivity contribution in [2.75, 3.05) is 0 Å². The van der Waals surface area contributed by atoms with Crippen LogP contribution in [0.25, 0.3) is 0 Å². The number of rotatable bonds is 2. The van der Waals surface area contributed by atoms with Gasteiger partial charge in [0.2, 0.25) is 0 Å². The Morgan fingerprint density at radius 1 is 0.633 bits per heavy atom. The number of nitrogens with zero attached hydrogens (tertiary/aromatic N) is 6. The molecule has 2 N–H and O–H groups in total. The second kappa shape index (κ2) is 14.2. The van der Waals surface area contributed by atoms with Crippen LogP contribution in [0.3, 0.4) is 0 Å². The molecule has 0 radical (unpaired) electrons. The van der Waals surface area contributed by atoms with Crippen molar-refractivity contribution >= 4 is 45.7 Å². The van der Waals surface area contributed by atoms with Crippen molar-refractivity contribution in [1.29, 1.82) is 0 Å². The zero-order valence-electron chi connectivity index (χ0n) is 24.2. The summed E-state index contributed by atoms with van der Waals surface area (Å²) in [5.41, 5.74) is -0.452. The first-order valence-corrected chi connectivity index (χ1v) is 14.8. The van der Waals surface area contributed by atoms with Gasteiger partial charge < -0.3 is 29.6 Å². The van der Waals surface area contributed by atoms with Gasteiger partial charge in [0, 0.05) is 37.4 Å². The standard InChI is InChI=1S/2C15H10F3N3O2S.Co/c2*1-21(20-14-19-12(7-24-14)15(16,17)18)13-9-5-3-2-4-8(9)10(22)6-11(13)23;/h2*2-7H,1H2,(H2,19,20,22,23);/q;;+3/p-2. The Hall–Kier alpha value is -5.11. The predicted octanol–water partition coefficient (Wildman–Crippen LogP) is 4.94. The molecule has 2 heterocycles. The van der Waals surface area contributed by atoms with Crippen LogP contribution in [-0.4, -0.2) is 42.6 Å². The molecule has 6 rings (SSSR count). The van der Waals surface area contributed by atoms with Crippen molar-refractivity contribution in [1.82, 2.24) is 9.97 Å². The van der Waals surface area contributed by atoms with Crippen LogP contribution >= 0.6 is 22.7 Å². The summed E-state index contributed by atoms with van der Waals surface area (Å²) < 4.78 is 77.4. The molecule has 49 heavy (non-hydrogen) atoms. The maximum absolute atomic E-state index is 12.6. The number of aliphatic hydroxyl groups excluding tert-OH is 2. The molecule has 0 saturated heterocycles. The second-order valence-corrected chi connectivity index (χ2v) is 11.3. The van der Waals surface area contributed by atoms with E-state index in [4.69, 9.17) is 0 Å². The summed E-state index contributed by atoms with van der Waals surface area (Å²) in [6.07, 6.45) is -7.10. The van der Waals surface area contributed by atoms with Gasteiger partial charge in [-0.15, -0.1) is 22.7 Å². The molecule has 2 aliphatic rings. The average Bonchev–Trinajstić information content (AvgIpc) is 3.68. The van der Waals surface area contributed by atoms with E-state index in [-0.39, 0.29) is 60.9 Å². The molecular formula is C30H18CoF6N6O4S2+. The first-order chi connectivity index (χ1) is 22.5. The summed E-state index contributed by atoms with van der Waals surface area (Å²) in [5, 5.41) is 29.5. The van der Waals surface area contributed by atoms with Crippen LogP contribution in [0.1, 0.15) is 43.2 Å². The van der Waals surface area contributed by atoms with Crippen molar-refractivity contribution in [3.63, 3.8) is 0 Å². The van der Waals surface area contributed by atoms with Gasteiger partial charge in [-0.25, -0.2) is 10.2 Å². The van der Waals surface area contributed by atoms with Crippen molar-refractivity contribution in [2.24, 2.45) is 10.2 Å². The van der Waals surface area contributed by atoms with Crippen LogP contribution in [-0.2, 0) is 29.1 Å². The number of halogens is 6. The first-order valence-electron chi connectivity index (χ1n) is 13.1. The van der Waals surface area contributed by atoms with Crippen LogP contribution in [0.15, 0.2) is 93.2 Å². The molecule has 0 fully saturated rings. The number of hydrogen-bond donors (Lipinski definition) is 2. The van der Waals surface area contributed by atoms with Gasteiger partial charge in [-0.1, -0.05) is 48.5 Å². The quantitative estimate of drug-likeness (QED) is 0.129. The van der Waals surface area contributed by atoms with Gasteiger partial charge >= 0.3 is 29.1 Å². The molecule has 10 nitrogen and oxygen atoms in total. The van der Waals surface area contributed by atoms with E-state index < -0.39 is 23.7 Å². The molecule has 4 aromatic rings. The topological polar surface area (TPSA) is 134 Å². The molecule has 0 aliphatic heterocycles. The first kappa shape index (κ1) is 36.7. The average molecular weight is 764 g/mol. The molecule has 0 unspecified atom stereocenters. The molecule has 0 atom stereocenters. The summed E-state index contributed by atoms with van der Waals surface area (Å²) in [6.45, 7) is 0. The number of aliphatic hydroxyl groups is 2. The molecular weight excluding hydrogens is 745 g/mol. The van der Waals surface area contributed by atoms with E-state index in [2.05, 4.69) is 34.3 Å². The number of ketones is 2. The maximum atomic E-state index is 12.6. The van der Waals surface area contributed by atoms with E-state index >= 15 is 0 Å². The van der Waals surface area contributed by atoms with Crippen LogP contribution in [0.4, 0.5) is 26.3 Å². The molecule has 0 amide bonds. The Bertz CT molecular complexity index is 2070. The Morgan fingerprint density at radius 2 is 0.959 bits per heavy atom. The van der Waals surface area contributed by atoms with E-state index in [0.29, 0.717) is 44.9 Å². The van der Waals surface area contributed by atoms with Crippen LogP contribution in [0, 0.1) is 14.1 Å². The Labute approximate surface area is 289 Å². The zero-order chi connectivity index (χ0) is 35.0. The van der Waals surface area contributed by atoms with Crippen molar-refractivity contribution in [3.05, 3.63) is 140 Å². The minimum absolute atomic E-state index is 0. The molecule has 19 heteroatoms. The van der Waals surface area contributed by atoms with Gasteiger partial charge in [-0.3, -0.25) is 9.59 Å². The number of carbonyl (C=O) groups excluding carboxylic acids is 2. The Balaban J connectivity index is 0.000000216. The van der Waals surface area contributed by atoms with E-state index in [1.165, 1.54) is 0 Å². The monoisotopic (exact) mass is 763 g/mol. The number of aromatic nitrogens is 2. The number of alkyl halides is 6. The SMILES string of the molecule is [CH2-][N+](/N=c1\[n-]c(C(F)(F)F)cs1)=C1\C(O)=CC(=O)c2ccccc21.[CH2-][N+](/N=c1\[n-]c(C(F)(F)F)cs1)=C1\C(O)=CC(=O)c2ccccc21.[Co+3]. The van der Waals surface area contributed by atoms with Gasteiger partial charge in [0.15, 0.2) is 11.6 Å². The third-order valence-electron chi connectivity index (χ3n) is 6.41. The number of fused-ring (bicyclic) bond motifs is 2. The molecule has 2 aliphatic carbocycles. The van der Waals surface area contributed by atoms with E-state index in [9.17, 15) is 46.1 Å². The molecule has 0 spiro atoms. The van der Waals surface area contributed by atoms with Gasteiger partial charge in [0.05, 0.1) is 21.0 Å². The van der Waals surface area contributed by atoms with E-state index in [1.807, 2.05) is 0 Å². The molecule has 254 valence electrons. The number of benzene rings is 2. The fourth-order valence-electron chi connectivity index (χ4n) is 4.36. The third-order valence-corrected chi connectivity index (χ3v) is 7.86. The predicted molar refractivity (Wildman–Crippen MR) is 159 cm³/mol. The maximum Gasteiger partial charge on any atom is 3.00 e. The van der Waals surface area contributed by atoms with Crippen molar-refractivity contribution in [2.45, 2.75) is 12.4 Å². The largest absolute Gasteiger partial charge is 3.00 e. The van der Waals surface area contributed by atoms with Gasteiger partial charge in [-0.05, 0) is 21.9 Å². The molecule has 0 bridgehead atoms. The number of thiazole rings is 2. The number of allylic oxidation sites excluding steroid dienone is 4. The summed E-state index contributed by atoms with van der Waals surface area (Å²) in [7, 11) is 7.21. The van der Waals surface area contributed by atoms with Crippen LogP contribution in [0.2, 0.25) is 0 Å².